The monoisotopic (exact) mass is 249 g/mol. The van der Waals surface area contributed by atoms with Gasteiger partial charge in [-0.3, -0.25) is 4.68 Å². The van der Waals surface area contributed by atoms with Crippen LogP contribution >= 0.6 is 0 Å². The fourth-order valence-electron chi connectivity index (χ4n) is 2.74. The first-order valence-corrected chi connectivity index (χ1v) is 7.49. The summed E-state index contributed by atoms with van der Waals surface area (Å²) < 4.78 is 2.07. The summed E-state index contributed by atoms with van der Waals surface area (Å²) in [5.74, 6) is 0.886. The molecule has 18 heavy (non-hydrogen) atoms. The zero-order valence-corrected chi connectivity index (χ0v) is 12.1. The molecule has 1 aromatic heterocycles. The van der Waals surface area contributed by atoms with Gasteiger partial charge in [0.2, 0.25) is 0 Å². The van der Waals surface area contributed by atoms with Gasteiger partial charge in [-0.15, -0.1) is 0 Å². The van der Waals surface area contributed by atoms with E-state index in [0.717, 1.165) is 25.3 Å². The highest BCUT2D eigenvalue weighted by Gasteiger charge is 2.27. The molecule has 2 rings (SSSR count). The number of hydrogen-bond donors (Lipinski definition) is 1. The SMILES string of the molecule is CCCNC(Cc1cc(CC)nn1C)C1CCC1. The van der Waals surface area contributed by atoms with Crippen molar-refractivity contribution in [3.8, 4) is 0 Å². The highest BCUT2D eigenvalue weighted by Crippen LogP contribution is 2.31. The maximum absolute atomic E-state index is 4.55. The van der Waals surface area contributed by atoms with Crippen molar-refractivity contribution in [2.45, 2.75) is 58.4 Å². The van der Waals surface area contributed by atoms with Gasteiger partial charge in [-0.1, -0.05) is 20.3 Å². The predicted molar refractivity (Wildman–Crippen MR) is 75.7 cm³/mol. The van der Waals surface area contributed by atoms with Gasteiger partial charge in [0, 0.05) is 25.2 Å². The quantitative estimate of drug-likeness (QED) is 0.805. The van der Waals surface area contributed by atoms with Crippen LogP contribution < -0.4 is 5.32 Å². The van der Waals surface area contributed by atoms with Crippen molar-refractivity contribution in [2.75, 3.05) is 6.54 Å². The molecule has 1 saturated carbocycles. The maximum atomic E-state index is 4.55. The number of nitrogens with zero attached hydrogens (tertiary/aromatic N) is 2. The van der Waals surface area contributed by atoms with E-state index >= 15 is 0 Å². The molecule has 0 saturated heterocycles. The lowest BCUT2D eigenvalue weighted by molar-refractivity contribution is 0.225. The second-order valence-electron chi connectivity index (χ2n) is 5.56. The van der Waals surface area contributed by atoms with Crippen LogP contribution in [0.2, 0.25) is 0 Å². The third-order valence-electron chi connectivity index (χ3n) is 4.19. The highest BCUT2D eigenvalue weighted by atomic mass is 15.3. The average Bonchev–Trinajstić information content (AvgIpc) is 2.65. The largest absolute Gasteiger partial charge is 0.313 e. The van der Waals surface area contributed by atoms with Crippen molar-refractivity contribution in [3.63, 3.8) is 0 Å². The molecule has 1 unspecified atom stereocenters. The first-order chi connectivity index (χ1) is 8.74. The summed E-state index contributed by atoms with van der Waals surface area (Å²) in [7, 11) is 2.08. The third kappa shape index (κ3) is 3.14. The Balaban J connectivity index is 1.99. The number of aryl methyl sites for hydroxylation is 2. The molecule has 1 heterocycles. The molecule has 0 amide bonds. The molecule has 3 heteroatoms. The Morgan fingerprint density at radius 2 is 2.22 bits per heavy atom. The van der Waals surface area contributed by atoms with E-state index in [1.807, 2.05) is 0 Å². The molecule has 0 bridgehead atoms. The van der Waals surface area contributed by atoms with E-state index in [1.54, 1.807) is 0 Å². The molecule has 1 aromatic rings. The van der Waals surface area contributed by atoms with Crippen molar-refractivity contribution in [2.24, 2.45) is 13.0 Å². The molecule has 1 aliphatic carbocycles. The predicted octanol–water partition coefficient (Wildman–Crippen LogP) is 2.69. The summed E-state index contributed by atoms with van der Waals surface area (Å²) in [6.07, 6.45) is 7.60. The van der Waals surface area contributed by atoms with Crippen LogP contribution in [0.15, 0.2) is 6.07 Å². The van der Waals surface area contributed by atoms with Gasteiger partial charge in [0.1, 0.15) is 0 Å². The second-order valence-corrected chi connectivity index (χ2v) is 5.56. The molecule has 0 radical (unpaired) electrons. The third-order valence-corrected chi connectivity index (χ3v) is 4.19. The Hall–Kier alpha value is -0.830. The fraction of sp³-hybridized carbons (Fsp3) is 0.800. The van der Waals surface area contributed by atoms with Crippen LogP contribution in [-0.2, 0) is 19.9 Å². The lowest BCUT2D eigenvalue weighted by atomic mass is 9.78. The number of aromatic nitrogens is 2. The molecular formula is C15H27N3. The summed E-state index contributed by atoms with van der Waals surface area (Å²) in [5, 5.41) is 8.29. The summed E-state index contributed by atoms with van der Waals surface area (Å²) >= 11 is 0. The van der Waals surface area contributed by atoms with Crippen LogP contribution in [0, 0.1) is 5.92 Å². The zero-order valence-electron chi connectivity index (χ0n) is 12.1. The Morgan fingerprint density at radius 3 is 2.72 bits per heavy atom. The highest BCUT2D eigenvalue weighted by molar-refractivity contribution is 5.12. The lowest BCUT2D eigenvalue weighted by Crippen LogP contribution is -2.41. The topological polar surface area (TPSA) is 29.9 Å². The standard InChI is InChI=1S/C15H27N3/c1-4-9-16-15(12-7-6-8-12)11-14-10-13(5-2)17-18(14)3/h10,12,15-16H,4-9,11H2,1-3H3. The van der Waals surface area contributed by atoms with Crippen molar-refractivity contribution in [3.05, 3.63) is 17.5 Å². The molecule has 102 valence electrons. The van der Waals surface area contributed by atoms with Crippen molar-refractivity contribution in [1.82, 2.24) is 15.1 Å². The van der Waals surface area contributed by atoms with Crippen LogP contribution in [0.4, 0.5) is 0 Å². The van der Waals surface area contributed by atoms with Gasteiger partial charge >= 0.3 is 0 Å². The van der Waals surface area contributed by atoms with Gasteiger partial charge in [0.15, 0.2) is 0 Å². The first kappa shape index (κ1) is 13.6. The molecule has 1 atom stereocenters. The number of nitrogens with one attached hydrogen (secondary N) is 1. The molecule has 0 spiro atoms. The molecule has 3 nitrogen and oxygen atoms in total. The van der Waals surface area contributed by atoms with Gasteiger partial charge < -0.3 is 5.32 Å². The smallest absolute Gasteiger partial charge is 0.0624 e. The van der Waals surface area contributed by atoms with Crippen molar-refractivity contribution < 1.29 is 0 Å². The molecular weight excluding hydrogens is 222 g/mol. The van der Waals surface area contributed by atoms with Crippen molar-refractivity contribution >= 4 is 0 Å². The summed E-state index contributed by atoms with van der Waals surface area (Å²) in [6.45, 7) is 5.55. The fourth-order valence-corrected chi connectivity index (χ4v) is 2.74. The van der Waals surface area contributed by atoms with Crippen LogP contribution in [0.1, 0.15) is 50.9 Å². The van der Waals surface area contributed by atoms with E-state index in [4.69, 9.17) is 0 Å². The lowest BCUT2D eigenvalue weighted by Gasteiger charge is -2.34. The Labute approximate surface area is 111 Å². The summed E-state index contributed by atoms with van der Waals surface area (Å²) in [4.78, 5) is 0. The van der Waals surface area contributed by atoms with Gasteiger partial charge in [-0.05, 0) is 44.2 Å². The van der Waals surface area contributed by atoms with E-state index in [-0.39, 0.29) is 0 Å². The normalized spacial score (nSPS) is 17.7. The van der Waals surface area contributed by atoms with Crippen LogP contribution in [-0.4, -0.2) is 22.4 Å². The van der Waals surface area contributed by atoms with E-state index in [9.17, 15) is 0 Å². The van der Waals surface area contributed by atoms with Crippen LogP contribution in [0.25, 0.3) is 0 Å². The van der Waals surface area contributed by atoms with E-state index < -0.39 is 0 Å². The minimum absolute atomic E-state index is 0.652. The molecule has 1 aliphatic rings. The van der Waals surface area contributed by atoms with E-state index in [2.05, 4.69) is 42.1 Å². The van der Waals surface area contributed by atoms with E-state index in [0.29, 0.717) is 6.04 Å². The number of hydrogen-bond acceptors (Lipinski definition) is 2. The van der Waals surface area contributed by atoms with Crippen LogP contribution in [0.3, 0.4) is 0 Å². The van der Waals surface area contributed by atoms with Gasteiger partial charge in [-0.25, -0.2) is 0 Å². The average molecular weight is 249 g/mol. The zero-order chi connectivity index (χ0) is 13.0. The minimum atomic E-state index is 0.652. The maximum Gasteiger partial charge on any atom is 0.0624 e. The van der Waals surface area contributed by atoms with Gasteiger partial charge in [0.05, 0.1) is 5.69 Å². The van der Waals surface area contributed by atoms with Gasteiger partial charge in [-0.2, -0.15) is 5.10 Å². The Morgan fingerprint density at radius 1 is 1.44 bits per heavy atom. The Bertz CT molecular complexity index is 366. The second kappa shape index (κ2) is 6.37. The van der Waals surface area contributed by atoms with Gasteiger partial charge in [0.25, 0.3) is 0 Å². The first-order valence-electron chi connectivity index (χ1n) is 7.49. The Kier molecular flexibility index (Phi) is 4.81. The minimum Gasteiger partial charge on any atom is -0.313 e. The summed E-state index contributed by atoms with van der Waals surface area (Å²) in [5.41, 5.74) is 2.60. The van der Waals surface area contributed by atoms with Crippen molar-refractivity contribution in [1.29, 1.82) is 0 Å². The molecule has 0 aromatic carbocycles. The summed E-state index contributed by atoms with van der Waals surface area (Å²) in [6, 6.07) is 2.93. The van der Waals surface area contributed by atoms with E-state index in [1.165, 1.54) is 37.1 Å². The molecule has 1 fully saturated rings. The number of rotatable bonds is 7. The molecule has 1 N–H and O–H groups in total. The molecule has 0 aliphatic heterocycles. The van der Waals surface area contributed by atoms with Crippen LogP contribution in [0.5, 0.6) is 0 Å².